The van der Waals surface area contributed by atoms with Gasteiger partial charge in [-0.05, 0) is 36.1 Å². The third-order valence-electron chi connectivity index (χ3n) is 3.24. The number of halogens is 1. The minimum atomic E-state index is 0.623. The molecular formula is C14H22BrN. The molecule has 0 bridgehead atoms. The molecule has 0 aliphatic heterocycles. The third-order valence-corrected chi connectivity index (χ3v) is 3.77. The Balaban J connectivity index is 2.78. The van der Waals surface area contributed by atoms with E-state index >= 15 is 0 Å². The van der Waals surface area contributed by atoms with Gasteiger partial charge < -0.3 is 5.32 Å². The summed E-state index contributed by atoms with van der Waals surface area (Å²) >= 11 is 3.49. The zero-order valence-corrected chi connectivity index (χ0v) is 12.0. The summed E-state index contributed by atoms with van der Waals surface area (Å²) in [5.41, 5.74) is 1.44. The van der Waals surface area contributed by atoms with E-state index < -0.39 is 0 Å². The lowest BCUT2D eigenvalue weighted by Gasteiger charge is -2.23. The Hall–Kier alpha value is -0.340. The molecule has 0 saturated carbocycles. The van der Waals surface area contributed by atoms with Crippen LogP contribution in [0.15, 0.2) is 28.7 Å². The molecule has 2 heteroatoms. The minimum absolute atomic E-state index is 0.623. The van der Waals surface area contributed by atoms with Crippen LogP contribution in [-0.4, -0.2) is 13.1 Å². The monoisotopic (exact) mass is 283 g/mol. The first-order valence-corrected chi connectivity index (χ1v) is 6.94. The van der Waals surface area contributed by atoms with Gasteiger partial charge in [-0.25, -0.2) is 0 Å². The lowest BCUT2D eigenvalue weighted by molar-refractivity contribution is 0.424. The molecule has 0 amide bonds. The van der Waals surface area contributed by atoms with E-state index in [-0.39, 0.29) is 0 Å². The van der Waals surface area contributed by atoms with Crippen LogP contribution in [0.25, 0.3) is 0 Å². The van der Waals surface area contributed by atoms with Crippen molar-refractivity contribution in [2.75, 3.05) is 13.1 Å². The van der Waals surface area contributed by atoms with Gasteiger partial charge in [-0.2, -0.15) is 0 Å². The highest BCUT2D eigenvalue weighted by Gasteiger charge is 2.17. The Kier molecular flexibility index (Phi) is 6.07. The van der Waals surface area contributed by atoms with Crippen molar-refractivity contribution in [2.45, 2.75) is 33.1 Å². The smallest absolute Gasteiger partial charge is 0.0175 e. The van der Waals surface area contributed by atoms with Crippen molar-refractivity contribution in [1.29, 1.82) is 0 Å². The topological polar surface area (TPSA) is 12.0 Å². The lowest BCUT2D eigenvalue weighted by Crippen LogP contribution is -2.25. The molecule has 2 unspecified atom stereocenters. The fourth-order valence-corrected chi connectivity index (χ4v) is 2.21. The predicted octanol–water partition coefficient (Wildman–Crippen LogP) is 4.19. The molecule has 0 radical (unpaired) electrons. The maximum absolute atomic E-state index is 3.49. The molecule has 1 rings (SSSR count). The van der Waals surface area contributed by atoms with E-state index in [0.29, 0.717) is 5.92 Å². The summed E-state index contributed by atoms with van der Waals surface area (Å²) in [6.45, 7) is 8.89. The standard InChI is InChI=1S/C14H22BrN/c1-4-11(3)14(10-16-5-2)12-6-8-13(15)9-7-12/h6-9,11,14,16H,4-5,10H2,1-3H3. The number of rotatable bonds is 6. The molecule has 0 heterocycles. The van der Waals surface area contributed by atoms with Crippen molar-refractivity contribution < 1.29 is 0 Å². The van der Waals surface area contributed by atoms with Gasteiger partial charge in [0.2, 0.25) is 0 Å². The van der Waals surface area contributed by atoms with Crippen molar-refractivity contribution in [3.8, 4) is 0 Å². The van der Waals surface area contributed by atoms with E-state index in [1.807, 2.05) is 0 Å². The maximum Gasteiger partial charge on any atom is 0.0175 e. The lowest BCUT2D eigenvalue weighted by atomic mass is 9.85. The molecule has 0 aromatic heterocycles. The molecule has 0 fully saturated rings. The SMILES string of the molecule is CCNCC(c1ccc(Br)cc1)C(C)CC. The first kappa shape index (κ1) is 13.7. The van der Waals surface area contributed by atoms with Crippen LogP contribution in [-0.2, 0) is 0 Å². The van der Waals surface area contributed by atoms with Gasteiger partial charge in [0.25, 0.3) is 0 Å². The van der Waals surface area contributed by atoms with Crippen LogP contribution in [0.2, 0.25) is 0 Å². The summed E-state index contributed by atoms with van der Waals surface area (Å²) in [6, 6.07) is 8.74. The Morgan fingerprint density at radius 3 is 2.31 bits per heavy atom. The quantitative estimate of drug-likeness (QED) is 0.826. The van der Waals surface area contributed by atoms with Crippen LogP contribution in [0.1, 0.15) is 38.7 Å². The predicted molar refractivity (Wildman–Crippen MR) is 74.9 cm³/mol. The second-order valence-corrected chi connectivity index (χ2v) is 5.27. The molecule has 0 saturated heterocycles. The average molecular weight is 284 g/mol. The number of benzene rings is 1. The molecule has 1 nitrogen and oxygen atoms in total. The van der Waals surface area contributed by atoms with E-state index in [1.165, 1.54) is 12.0 Å². The van der Waals surface area contributed by atoms with Gasteiger partial charge in [0, 0.05) is 11.0 Å². The Morgan fingerprint density at radius 2 is 1.81 bits per heavy atom. The highest BCUT2D eigenvalue weighted by Crippen LogP contribution is 2.27. The first-order chi connectivity index (χ1) is 7.69. The largest absolute Gasteiger partial charge is 0.316 e. The normalized spacial score (nSPS) is 14.8. The van der Waals surface area contributed by atoms with Gasteiger partial charge >= 0.3 is 0 Å². The van der Waals surface area contributed by atoms with E-state index in [4.69, 9.17) is 0 Å². The number of hydrogen-bond acceptors (Lipinski definition) is 1. The van der Waals surface area contributed by atoms with E-state index in [9.17, 15) is 0 Å². The van der Waals surface area contributed by atoms with Crippen molar-refractivity contribution in [1.82, 2.24) is 5.32 Å². The van der Waals surface area contributed by atoms with Crippen LogP contribution < -0.4 is 5.32 Å². The maximum atomic E-state index is 3.49. The van der Waals surface area contributed by atoms with Gasteiger partial charge in [-0.15, -0.1) is 0 Å². The van der Waals surface area contributed by atoms with E-state index in [2.05, 4.69) is 66.3 Å². The van der Waals surface area contributed by atoms with E-state index in [0.717, 1.165) is 23.5 Å². The first-order valence-electron chi connectivity index (χ1n) is 6.15. The molecule has 0 aliphatic carbocycles. The van der Waals surface area contributed by atoms with Gasteiger partial charge in [-0.1, -0.05) is 55.3 Å². The Labute approximate surface area is 108 Å². The molecular weight excluding hydrogens is 262 g/mol. The van der Waals surface area contributed by atoms with Crippen LogP contribution in [0, 0.1) is 5.92 Å². The molecule has 2 atom stereocenters. The van der Waals surface area contributed by atoms with Crippen LogP contribution >= 0.6 is 15.9 Å². The van der Waals surface area contributed by atoms with Crippen LogP contribution in [0.5, 0.6) is 0 Å². The number of hydrogen-bond donors (Lipinski definition) is 1. The molecule has 0 aliphatic rings. The average Bonchev–Trinajstić information content (AvgIpc) is 2.31. The third kappa shape index (κ3) is 3.91. The highest BCUT2D eigenvalue weighted by molar-refractivity contribution is 9.10. The Morgan fingerprint density at radius 1 is 1.19 bits per heavy atom. The summed E-state index contributed by atoms with van der Waals surface area (Å²) < 4.78 is 1.16. The van der Waals surface area contributed by atoms with Gasteiger partial charge in [0.15, 0.2) is 0 Å². The molecule has 90 valence electrons. The molecule has 1 N–H and O–H groups in total. The number of nitrogens with one attached hydrogen (secondary N) is 1. The summed E-state index contributed by atoms with van der Waals surface area (Å²) in [5.74, 6) is 1.35. The summed E-state index contributed by atoms with van der Waals surface area (Å²) in [4.78, 5) is 0. The van der Waals surface area contributed by atoms with Gasteiger partial charge in [-0.3, -0.25) is 0 Å². The zero-order valence-electron chi connectivity index (χ0n) is 10.5. The van der Waals surface area contributed by atoms with E-state index in [1.54, 1.807) is 0 Å². The fourth-order valence-electron chi connectivity index (χ4n) is 1.94. The van der Waals surface area contributed by atoms with Gasteiger partial charge in [0.05, 0.1) is 0 Å². The summed E-state index contributed by atoms with van der Waals surface area (Å²) in [5, 5.41) is 3.46. The molecule has 1 aromatic rings. The minimum Gasteiger partial charge on any atom is -0.316 e. The van der Waals surface area contributed by atoms with Crippen LogP contribution in [0.3, 0.4) is 0 Å². The summed E-state index contributed by atoms with van der Waals surface area (Å²) in [6.07, 6.45) is 1.23. The Bertz CT molecular complexity index is 294. The molecule has 0 spiro atoms. The zero-order chi connectivity index (χ0) is 12.0. The van der Waals surface area contributed by atoms with Crippen molar-refractivity contribution in [2.24, 2.45) is 5.92 Å². The summed E-state index contributed by atoms with van der Waals surface area (Å²) in [7, 11) is 0. The van der Waals surface area contributed by atoms with Crippen LogP contribution in [0.4, 0.5) is 0 Å². The van der Waals surface area contributed by atoms with Crippen molar-refractivity contribution in [3.63, 3.8) is 0 Å². The number of likely N-dealkylation sites (N-methyl/N-ethyl adjacent to an activating group) is 1. The van der Waals surface area contributed by atoms with Gasteiger partial charge in [0.1, 0.15) is 0 Å². The highest BCUT2D eigenvalue weighted by atomic mass is 79.9. The van der Waals surface area contributed by atoms with Crippen molar-refractivity contribution in [3.05, 3.63) is 34.3 Å². The molecule has 1 aromatic carbocycles. The second-order valence-electron chi connectivity index (χ2n) is 4.35. The molecule has 16 heavy (non-hydrogen) atoms. The van der Waals surface area contributed by atoms with Crippen molar-refractivity contribution >= 4 is 15.9 Å². The fraction of sp³-hybridized carbons (Fsp3) is 0.571. The second kappa shape index (κ2) is 7.08.